The molecule has 1 aliphatic rings. The number of thioether (sulfide) groups is 1. The number of rotatable bonds is 7. The maximum Gasteiger partial charge on any atom is 0.224 e. The minimum Gasteiger partial charge on any atom is -0.356 e. The van der Waals surface area contributed by atoms with Crippen LogP contribution in [0.5, 0.6) is 0 Å². The van der Waals surface area contributed by atoms with Crippen LogP contribution in [0.1, 0.15) is 24.0 Å². The lowest BCUT2D eigenvalue weighted by Gasteiger charge is -2.32. The summed E-state index contributed by atoms with van der Waals surface area (Å²) in [5.41, 5.74) is 2.24. The van der Waals surface area contributed by atoms with Gasteiger partial charge in [0, 0.05) is 18.0 Å². The molecule has 0 spiro atoms. The lowest BCUT2D eigenvalue weighted by molar-refractivity contribution is -0.120. The molecule has 3 nitrogen and oxygen atoms in total. The third-order valence-electron chi connectivity index (χ3n) is 5.16. The quantitative estimate of drug-likeness (QED) is 0.727. The number of halogens is 1. The molecule has 2 aromatic carbocycles. The van der Waals surface area contributed by atoms with Gasteiger partial charge in [-0.3, -0.25) is 9.69 Å². The van der Waals surface area contributed by atoms with E-state index in [1.165, 1.54) is 22.6 Å². The highest BCUT2D eigenvalue weighted by Gasteiger charge is 2.20. The molecule has 0 aromatic heterocycles. The fraction of sp³-hybridized carbons (Fsp3) is 0.409. The SMILES string of the molecule is CSc1ccccc1CN1CCC(CNC(=O)Cc2ccc(F)cc2)CC1. The van der Waals surface area contributed by atoms with Gasteiger partial charge in [0.2, 0.25) is 5.91 Å². The molecule has 144 valence electrons. The number of carbonyl (C=O) groups is 1. The number of likely N-dealkylation sites (tertiary alicyclic amines) is 1. The van der Waals surface area contributed by atoms with Crippen LogP contribution < -0.4 is 5.32 Å². The topological polar surface area (TPSA) is 32.3 Å². The van der Waals surface area contributed by atoms with Crippen molar-refractivity contribution in [3.05, 3.63) is 65.5 Å². The van der Waals surface area contributed by atoms with Gasteiger partial charge in [0.25, 0.3) is 0 Å². The fourth-order valence-corrected chi connectivity index (χ4v) is 4.14. The summed E-state index contributed by atoms with van der Waals surface area (Å²) in [5, 5.41) is 3.04. The Morgan fingerprint density at radius 1 is 1.15 bits per heavy atom. The van der Waals surface area contributed by atoms with Gasteiger partial charge in [0.15, 0.2) is 0 Å². The third-order valence-corrected chi connectivity index (χ3v) is 6.00. The summed E-state index contributed by atoms with van der Waals surface area (Å²) in [6.45, 7) is 3.87. The van der Waals surface area contributed by atoms with E-state index in [1.54, 1.807) is 23.9 Å². The van der Waals surface area contributed by atoms with E-state index in [4.69, 9.17) is 0 Å². The summed E-state index contributed by atoms with van der Waals surface area (Å²) in [7, 11) is 0. The Balaban J connectivity index is 1.39. The van der Waals surface area contributed by atoms with Crippen LogP contribution in [0.2, 0.25) is 0 Å². The molecule has 1 saturated heterocycles. The van der Waals surface area contributed by atoms with Gasteiger partial charge < -0.3 is 5.32 Å². The summed E-state index contributed by atoms with van der Waals surface area (Å²) in [6, 6.07) is 14.7. The molecule has 5 heteroatoms. The Labute approximate surface area is 165 Å². The van der Waals surface area contributed by atoms with Crippen molar-refractivity contribution in [1.29, 1.82) is 0 Å². The minimum atomic E-state index is -0.272. The van der Waals surface area contributed by atoms with Gasteiger partial charge in [-0.25, -0.2) is 4.39 Å². The van der Waals surface area contributed by atoms with Crippen LogP contribution in [0.25, 0.3) is 0 Å². The molecule has 1 amide bonds. The molecule has 3 rings (SSSR count). The molecule has 27 heavy (non-hydrogen) atoms. The van der Waals surface area contributed by atoms with E-state index < -0.39 is 0 Å². The molecular formula is C22H27FN2OS. The lowest BCUT2D eigenvalue weighted by Crippen LogP contribution is -2.38. The van der Waals surface area contributed by atoms with E-state index >= 15 is 0 Å². The molecule has 0 bridgehead atoms. The van der Waals surface area contributed by atoms with Crippen LogP contribution in [-0.4, -0.2) is 36.7 Å². The van der Waals surface area contributed by atoms with E-state index in [2.05, 4.69) is 40.7 Å². The van der Waals surface area contributed by atoms with Crippen molar-refractivity contribution in [2.45, 2.75) is 30.7 Å². The number of benzene rings is 2. The Hall–Kier alpha value is -1.85. The molecule has 1 heterocycles. The van der Waals surface area contributed by atoms with Crippen molar-refractivity contribution in [2.75, 3.05) is 25.9 Å². The summed E-state index contributed by atoms with van der Waals surface area (Å²) in [6.07, 6.45) is 4.65. The van der Waals surface area contributed by atoms with E-state index in [0.29, 0.717) is 12.3 Å². The second kappa shape index (κ2) is 9.90. The Kier molecular flexibility index (Phi) is 7.30. The summed E-state index contributed by atoms with van der Waals surface area (Å²) in [4.78, 5) is 16.0. The van der Waals surface area contributed by atoms with E-state index in [1.807, 2.05) is 0 Å². The smallest absolute Gasteiger partial charge is 0.224 e. The zero-order valence-corrected chi connectivity index (χ0v) is 16.6. The van der Waals surface area contributed by atoms with E-state index in [0.717, 1.165) is 44.6 Å². The van der Waals surface area contributed by atoms with Crippen LogP contribution in [0.3, 0.4) is 0 Å². The van der Waals surface area contributed by atoms with Gasteiger partial charge in [-0.2, -0.15) is 0 Å². The van der Waals surface area contributed by atoms with Gasteiger partial charge in [0.05, 0.1) is 6.42 Å². The first-order valence-corrected chi connectivity index (χ1v) is 10.7. The number of amides is 1. The summed E-state index contributed by atoms with van der Waals surface area (Å²) < 4.78 is 12.9. The summed E-state index contributed by atoms with van der Waals surface area (Å²) in [5.74, 6) is 0.276. The predicted molar refractivity (Wildman–Crippen MR) is 109 cm³/mol. The third kappa shape index (κ3) is 6.08. The van der Waals surface area contributed by atoms with Crippen LogP contribution in [0, 0.1) is 11.7 Å². The minimum absolute atomic E-state index is 0.0120. The van der Waals surface area contributed by atoms with Crippen molar-refractivity contribution in [2.24, 2.45) is 5.92 Å². The molecule has 1 aliphatic heterocycles. The predicted octanol–water partition coefficient (Wildman–Crippen LogP) is 4.12. The molecule has 0 atom stereocenters. The van der Waals surface area contributed by atoms with Gasteiger partial charge >= 0.3 is 0 Å². The van der Waals surface area contributed by atoms with Crippen LogP contribution in [0.4, 0.5) is 4.39 Å². The Morgan fingerprint density at radius 3 is 2.56 bits per heavy atom. The van der Waals surface area contributed by atoms with Crippen LogP contribution in [-0.2, 0) is 17.8 Å². The number of nitrogens with one attached hydrogen (secondary N) is 1. The van der Waals surface area contributed by atoms with Crippen molar-refractivity contribution in [3.8, 4) is 0 Å². The molecule has 1 N–H and O–H groups in total. The van der Waals surface area contributed by atoms with Gasteiger partial charge in [-0.15, -0.1) is 11.8 Å². The first-order valence-electron chi connectivity index (χ1n) is 9.49. The maximum absolute atomic E-state index is 12.9. The van der Waals surface area contributed by atoms with Crippen molar-refractivity contribution in [3.63, 3.8) is 0 Å². The summed E-state index contributed by atoms with van der Waals surface area (Å²) >= 11 is 1.80. The molecule has 2 aromatic rings. The van der Waals surface area contributed by atoms with Crippen molar-refractivity contribution < 1.29 is 9.18 Å². The lowest BCUT2D eigenvalue weighted by atomic mass is 9.96. The van der Waals surface area contributed by atoms with Gasteiger partial charge in [-0.05, 0) is 67.4 Å². The number of carbonyl (C=O) groups excluding carboxylic acids is 1. The number of piperidine rings is 1. The number of hydrogen-bond acceptors (Lipinski definition) is 3. The highest BCUT2D eigenvalue weighted by molar-refractivity contribution is 7.98. The van der Waals surface area contributed by atoms with Gasteiger partial charge in [-0.1, -0.05) is 30.3 Å². The van der Waals surface area contributed by atoms with Crippen LogP contribution in [0.15, 0.2) is 53.4 Å². The highest BCUT2D eigenvalue weighted by Crippen LogP contribution is 2.24. The zero-order valence-electron chi connectivity index (χ0n) is 15.8. The number of hydrogen-bond donors (Lipinski definition) is 1. The largest absolute Gasteiger partial charge is 0.356 e. The standard InChI is InChI=1S/C22H27FN2OS/c1-27-21-5-3-2-4-19(21)16-25-12-10-18(11-13-25)15-24-22(26)14-17-6-8-20(23)9-7-17/h2-9,18H,10-16H2,1H3,(H,24,26). The molecular weight excluding hydrogens is 359 g/mol. The average molecular weight is 387 g/mol. The molecule has 0 saturated carbocycles. The number of nitrogens with zero attached hydrogens (tertiary/aromatic N) is 1. The maximum atomic E-state index is 12.9. The monoisotopic (exact) mass is 386 g/mol. The van der Waals surface area contributed by atoms with Crippen molar-refractivity contribution in [1.82, 2.24) is 10.2 Å². The normalized spacial score (nSPS) is 15.6. The molecule has 0 radical (unpaired) electrons. The molecule has 0 aliphatic carbocycles. The van der Waals surface area contributed by atoms with Crippen molar-refractivity contribution >= 4 is 17.7 Å². The Morgan fingerprint density at radius 2 is 1.85 bits per heavy atom. The van der Waals surface area contributed by atoms with Crippen LogP contribution >= 0.6 is 11.8 Å². The molecule has 0 unspecified atom stereocenters. The highest BCUT2D eigenvalue weighted by atomic mass is 32.2. The average Bonchev–Trinajstić information content (AvgIpc) is 2.70. The van der Waals surface area contributed by atoms with Gasteiger partial charge in [0.1, 0.15) is 5.82 Å². The first-order chi connectivity index (χ1) is 13.1. The van der Waals surface area contributed by atoms with E-state index in [9.17, 15) is 9.18 Å². The second-order valence-electron chi connectivity index (χ2n) is 7.14. The fourth-order valence-electron chi connectivity index (χ4n) is 3.53. The second-order valence-corrected chi connectivity index (χ2v) is 7.99. The zero-order chi connectivity index (χ0) is 19.1. The molecule has 1 fully saturated rings. The first kappa shape index (κ1) is 19.9. The Bertz CT molecular complexity index is 742. The van der Waals surface area contributed by atoms with E-state index in [-0.39, 0.29) is 11.7 Å².